The summed E-state index contributed by atoms with van der Waals surface area (Å²) in [6, 6.07) is 15.1. The second kappa shape index (κ2) is 6.40. The standard InChI is InChI=1S/C17H16BrNO3/c1-11(12-6-8-13(18)9-7-12)19-17(20)16-10-21-14-4-2-3-5-15(14)22-16/h2-9,11,16H,10H2,1H3,(H,19,20). The van der Waals surface area contributed by atoms with E-state index in [0.29, 0.717) is 11.5 Å². The first-order chi connectivity index (χ1) is 10.6. The molecule has 5 heteroatoms. The summed E-state index contributed by atoms with van der Waals surface area (Å²) in [6.07, 6.45) is -0.632. The van der Waals surface area contributed by atoms with Crippen LogP contribution >= 0.6 is 15.9 Å². The summed E-state index contributed by atoms with van der Waals surface area (Å²) < 4.78 is 12.3. The second-order valence-corrected chi connectivity index (χ2v) is 6.06. The fraction of sp³-hybridized carbons (Fsp3) is 0.235. The van der Waals surface area contributed by atoms with E-state index in [0.717, 1.165) is 10.0 Å². The lowest BCUT2D eigenvalue weighted by Gasteiger charge is -2.26. The van der Waals surface area contributed by atoms with E-state index < -0.39 is 6.10 Å². The molecule has 0 spiro atoms. The molecule has 4 nitrogen and oxygen atoms in total. The highest BCUT2D eigenvalue weighted by Gasteiger charge is 2.28. The molecule has 2 aromatic carbocycles. The highest BCUT2D eigenvalue weighted by atomic mass is 79.9. The van der Waals surface area contributed by atoms with Crippen LogP contribution in [0.3, 0.4) is 0 Å². The van der Waals surface area contributed by atoms with Crippen molar-refractivity contribution in [2.45, 2.75) is 19.1 Å². The highest BCUT2D eigenvalue weighted by Crippen LogP contribution is 2.31. The third kappa shape index (κ3) is 3.25. The van der Waals surface area contributed by atoms with Crippen LogP contribution in [0.4, 0.5) is 0 Å². The number of rotatable bonds is 3. The molecule has 1 aliphatic rings. The van der Waals surface area contributed by atoms with E-state index >= 15 is 0 Å². The van der Waals surface area contributed by atoms with Crippen molar-refractivity contribution < 1.29 is 14.3 Å². The molecule has 2 aromatic rings. The summed E-state index contributed by atoms with van der Waals surface area (Å²) >= 11 is 3.40. The largest absolute Gasteiger partial charge is 0.485 e. The van der Waals surface area contributed by atoms with Gasteiger partial charge in [-0.2, -0.15) is 0 Å². The molecule has 0 aromatic heterocycles. The minimum Gasteiger partial charge on any atom is -0.485 e. The first-order valence-corrected chi connectivity index (χ1v) is 7.87. The molecule has 3 rings (SSSR count). The number of hydrogen-bond acceptors (Lipinski definition) is 3. The van der Waals surface area contributed by atoms with Crippen molar-refractivity contribution >= 4 is 21.8 Å². The average molecular weight is 362 g/mol. The molecule has 22 heavy (non-hydrogen) atoms. The Kier molecular flexibility index (Phi) is 4.34. The topological polar surface area (TPSA) is 47.6 Å². The molecule has 0 radical (unpaired) electrons. The summed E-state index contributed by atoms with van der Waals surface area (Å²) in [5.41, 5.74) is 1.04. The molecule has 1 heterocycles. The van der Waals surface area contributed by atoms with Crippen LogP contribution in [0, 0.1) is 0 Å². The zero-order chi connectivity index (χ0) is 15.5. The molecule has 1 aliphatic heterocycles. The van der Waals surface area contributed by atoms with Gasteiger partial charge >= 0.3 is 0 Å². The van der Waals surface area contributed by atoms with E-state index in [1.54, 1.807) is 6.07 Å². The number of ether oxygens (including phenoxy) is 2. The molecule has 114 valence electrons. The molecule has 0 saturated carbocycles. The molecule has 0 saturated heterocycles. The Labute approximate surface area is 137 Å². The molecular formula is C17H16BrNO3. The molecule has 1 N–H and O–H groups in total. The van der Waals surface area contributed by atoms with Crippen LogP contribution in [-0.2, 0) is 4.79 Å². The normalized spacial score (nSPS) is 17.6. The number of fused-ring (bicyclic) bond motifs is 1. The van der Waals surface area contributed by atoms with E-state index in [4.69, 9.17) is 9.47 Å². The van der Waals surface area contributed by atoms with Gasteiger partial charge in [-0.25, -0.2) is 0 Å². The second-order valence-electron chi connectivity index (χ2n) is 5.15. The van der Waals surface area contributed by atoms with Crippen molar-refractivity contribution in [3.63, 3.8) is 0 Å². The van der Waals surface area contributed by atoms with E-state index in [9.17, 15) is 4.79 Å². The minimum atomic E-state index is -0.632. The maximum atomic E-state index is 12.3. The summed E-state index contributed by atoms with van der Waals surface area (Å²) in [5, 5.41) is 2.96. The first kappa shape index (κ1) is 14.9. The zero-order valence-corrected chi connectivity index (χ0v) is 13.7. The number of halogens is 1. The van der Waals surface area contributed by atoms with Gasteiger partial charge in [0.2, 0.25) is 6.10 Å². The number of amides is 1. The van der Waals surface area contributed by atoms with E-state index in [2.05, 4.69) is 21.2 Å². The molecule has 0 fully saturated rings. The molecule has 1 amide bonds. The summed E-state index contributed by atoms with van der Waals surface area (Å²) in [6.45, 7) is 2.16. The van der Waals surface area contributed by atoms with Crippen molar-refractivity contribution in [3.8, 4) is 11.5 Å². The smallest absolute Gasteiger partial charge is 0.265 e. The van der Waals surface area contributed by atoms with Gasteiger partial charge in [0.25, 0.3) is 5.91 Å². The van der Waals surface area contributed by atoms with E-state index in [1.165, 1.54) is 0 Å². The van der Waals surface area contributed by atoms with Gasteiger partial charge in [-0.05, 0) is 36.8 Å². The Bertz CT molecular complexity index is 672. The molecule has 2 unspecified atom stereocenters. The average Bonchev–Trinajstić information content (AvgIpc) is 2.55. The van der Waals surface area contributed by atoms with Gasteiger partial charge in [0, 0.05) is 4.47 Å². The fourth-order valence-corrected chi connectivity index (χ4v) is 2.55. The quantitative estimate of drug-likeness (QED) is 0.910. The number of benzene rings is 2. The molecular weight excluding hydrogens is 346 g/mol. The highest BCUT2D eigenvalue weighted by molar-refractivity contribution is 9.10. The molecule has 0 bridgehead atoms. The van der Waals surface area contributed by atoms with Crippen LogP contribution in [0.5, 0.6) is 11.5 Å². The lowest BCUT2D eigenvalue weighted by molar-refractivity contribution is -0.131. The van der Waals surface area contributed by atoms with Crippen LogP contribution in [0.15, 0.2) is 53.0 Å². The predicted octanol–water partition coefficient (Wildman–Crippen LogP) is 3.47. The Morgan fingerprint density at radius 3 is 2.59 bits per heavy atom. The monoisotopic (exact) mass is 361 g/mol. The third-order valence-electron chi connectivity index (χ3n) is 3.53. The Balaban J connectivity index is 1.64. The summed E-state index contributed by atoms with van der Waals surface area (Å²) in [4.78, 5) is 12.3. The van der Waals surface area contributed by atoms with Crippen LogP contribution in [0.25, 0.3) is 0 Å². The van der Waals surface area contributed by atoms with Gasteiger partial charge in [-0.3, -0.25) is 4.79 Å². The van der Waals surface area contributed by atoms with Gasteiger partial charge in [0.05, 0.1) is 6.04 Å². The third-order valence-corrected chi connectivity index (χ3v) is 4.06. The zero-order valence-electron chi connectivity index (χ0n) is 12.1. The Morgan fingerprint density at radius 1 is 1.18 bits per heavy atom. The van der Waals surface area contributed by atoms with Crippen LogP contribution < -0.4 is 14.8 Å². The van der Waals surface area contributed by atoms with Gasteiger partial charge in [0.1, 0.15) is 6.61 Å². The maximum absolute atomic E-state index is 12.3. The Morgan fingerprint density at radius 2 is 1.86 bits per heavy atom. The minimum absolute atomic E-state index is 0.0960. The van der Waals surface area contributed by atoms with Crippen LogP contribution in [0.1, 0.15) is 18.5 Å². The van der Waals surface area contributed by atoms with Crippen molar-refractivity contribution in [3.05, 3.63) is 58.6 Å². The fourth-order valence-electron chi connectivity index (χ4n) is 2.29. The SMILES string of the molecule is CC(NC(=O)C1COc2ccccc2O1)c1ccc(Br)cc1. The van der Waals surface area contributed by atoms with Crippen molar-refractivity contribution in [1.82, 2.24) is 5.32 Å². The summed E-state index contributed by atoms with van der Waals surface area (Å²) in [5.74, 6) is 1.10. The van der Waals surface area contributed by atoms with Gasteiger partial charge in [-0.15, -0.1) is 0 Å². The number of carbonyl (C=O) groups excluding carboxylic acids is 1. The number of carbonyl (C=O) groups is 1. The lowest BCUT2D eigenvalue weighted by atomic mass is 10.1. The first-order valence-electron chi connectivity index (χ1n) is 7.08. The van der Waals surface area contributed by atoms with E-state index in [1.807, 2.05) is 49.4 Å². The molecule has 0 aliphatic carbocycles. The van der Waals surface area contributed by atoms with Crippen LogP contribution in [-0.4, -0.2) is 18.6 Å². The Hall–Kier alpha value is -2.01. The predicted molar refractivity (Wildman–Crippen MR) is 87.1 cm³/mol. The van der Waals surface area contributed by atoms with Crippen molar-refractivity contribution in [2.24, 2.45) is 0 Å². The summed E-state index contributed by atoms with van der Waals surface area (Å²) in [7, 11) is 0. The molecule has 2 atom stereocenters. The van der Waals surface area contributed by atoms with Crippen LogP contribution in [0.2, 0.25) is 0 Å². The van der Waals surface area contributed by atoms with Crippen molar-refractivity contribution in [1.29, 1.82) is 0 Å². The van der Waals surface area contributed by atoms with Gasteiger partial charge in [0.15, 0.2) is 11.5 Å². The van der Waals surface area contributed by atoms with Crippen molar-refractivity contribution in [2.75, 3.05) is 6.61 Å². The number of nitrogens with one attached hydrogen (secondary N) is 1. The number of hydrogen-bond donors (Lipinski definition) is 1. The van der Waals surface area contributed by atoms with Gasteiger partial charge in [-0.1, -0.05) is 40.2 Å². The lowest BCUT2D eigenvalue weighted by Crippen LogP contribution is -2.44. The maximum Gasteiger partial charge on any atom is 0.265 e. The number of para-hydroxylation sites is 2. The van der Waals surface area contributed by atoms with E-state index in [-0.39, 0.29) is 18.6 Å². The van der Waals surface area contributed by atoms with Gasteiger partial charge < -0.3 is 14.8 Å².